The number of rotatable bonds is 8. The lowest BCUT2D eigenvalue weighted by molar-refractivity contribution is 0.0888. The lowest BCUT2D eigenvalue weighted by Crippen LogP contribution is -2.45. The highest BCUT2D eigenvalue weighted by Gasteiger charge is 2.23. The van der Waals surface area contributed by atoms with Crippen molar-refractivity contribution in [1.29, 1.82) is 0 Å². The van der Waals surface area contributed by atoms with Crippen LogP contribution in [0.25, 0.3) is 0 Å². The topological polar surface area (TPSA) is 58.1 Å². The number of halogens is 1. The summed E-state index contributed by atoms with van der Waals surface area (Å²) < 4.78 is 11.1. The van der Waals surface area contributed by atoms with Crippen LogP contribution in [-0.2, 0) is 9.47 Å². The van der Waals surface area contributed by atoms with E-state index in [0.29, 0.717) is 12.0 Å². The van der Waals surface area contributed by atoms with E-state index in [1.54, 1.807) is 0 Å². The van der Waals surface area contributed by atoms with Crippen LogP contribution in [0.2, 0.25) is 0 Å². The predicted octanol–water partition coefficient (Wildman–Crippen LogP) is 2.80. The van der Waals surface area contributed by atoms with E-state index in [-0.39, 0.29) is 24.0 Å². The number of hydrogen-bond acceptors (Lipinski definition) is 4. The van der Waals surface area contributed by atoms with Crippen LogP contribution >= 0.6 is 24.0 Å². The second-order valence-corrected chi connectivity index (χ2v) is 7.57. The van der Waals surface area contributed by atoms with Crippen LogP contribution in [0, 0.1) is 12.8 Å². The van der Waals surface area contributed by atoms with E-state index in [1.165, 1.54) is 11.3 Å². The third-order valence-electron chi connectivity index (χ3n) is 5.29. The van der Waals surface area contributed by atoms with Crippen molar-refractivity contribution < 1.29 is 9.47 Å². The number of guanidine groups is 1. The molecule has 2 N–H and O–H groups in total. The SMILES string of the molecule is CN=C(NCCCOCC1CCOC1)NC1CCN(c2ccc(C)cc2)C1.I. The summed E-state index contributed by atoms with van der Waals surface area (Å²) in [6.07, 6.45) is 3.24. The number of nitrogens with zero attached hydrogens (tertiary/aromatic N) is 2. The third kappa shape index (κ3) is 7.40. The van der Waals surface area contributed by atoms with Gasteiger partial charge in [-0.3, -0.25) is 4.99 Å². The molecule has 2 aliphatic rings. The van der Waals surface area contributed by atoms with Gasteiger partial charge in [0.25, 0.3) is 0 Å². The van der Waals surface area contributed by atoms with Crippen LogP contribution in [0.3, 0.4) is 0 Å². The Labute approximate surface area is 186 Å². The summed E-state index contributed by atoms with van der Waals surface area (Å²) >= 11 is 0. The minimum absolute atomic E-state index is 0. The Morgan fingerprint density at radius 1 is 1.29 bits per heavy atom. The molecule has 2 heterocycles. The van der Waals surface area contributed by atoms with E-state index >= 15 is 0 Å². The fourth-order valence-corrected chi connectivity index (χ4v) is 3.60. The Bertz CT molecular complexity index is 591. The van der Waals surface area contributed by atoms with Crippen molar-refractivity contribution in [2.75, 3.05) is 58.0 Å². The van der Waals surface area contributed by atoms with Gasteiger partial charge in [-0.2, -0.15) is 0 Å². The second-order valence-electron chi connectivity index (χ2n) is 7.57. The maximum atomic E-state index is 5.75. The average molecular weight is 502 g/mol. The number of hydrogen-bond donors (Lipinski definition) is 2. The monoisotopic (exact) mass is 502 g/mol. The van der Waals surface area contributed by atoms with Crippen molar-refractivity contribution in [3.05, 3.63) is 29.8 Å². The number of aliphatic imine (C=N–C) groups is 1. The Morgan fingerprint density at radius 3 is 2.82 bits per heavy atom. The Kier molecular flexibility index (Phi) is 10.4. The van der Waals surface area contributed by atoms with Gasteiger partial charge in [-0.15, -0.1) is 24.0 Å². The van der Waals surface area contributed by atoms with E-state index in [9.17, 15) is 0 Å². The molecule has 0 aliphatic carbocycles. The molecule has 2 fully saturated rings. The second kappa shape index (κ2) is 12.5. The number of benzene rings is 1. The van der Waals surface area contributed by atoms with Gasteiger partial charge in [0.15, 0.2) is 5.96 Å². The van der Waals surface area contributed by atoms with Crippen molar-refractivity contribution in [3.8, 4) is 0 Å². The van der Waals surface area contributed by atoms with Crippen LogP contribution in [0.5, 0.6) is 0 Å². The van der Waals surface area contributed by atoms with Gasteiger partial charge in [-0.25, -0.2) is 0 Å². The van der Waals surface area contributed by atoms with Crippen molar-refractivity contribution in [2.45, 2.75) is 32.2 Å². The van der Waals surface area contributed by atoms with Gasteiger partial charge < -0.3 is 25.0 Å². The van der Waals surface area contributed by atoms with E-state index in [2.05, 4.69) is 51.7 Å². The fourth-order valence-electron chi connectivity index (χ4n) is 3.60. The third-order valence-corrected chi connectivity index (χ3v) is 5.29. The molecule has 0 bridgehead atoms. The lowest BCUT2D eigenvalue weighted by atomic mass is 10.1. The Morgan fingerprint density at radius 2 is 2.11 bits per heavy atom. The van der Waals surface area contributed by atoms with Gasteiger partial charge >= 0.3 is 0 Å². The smallest absolute Gasteiger partial charge is 0.191 e. The molecule has 2 aliphatic heterocycles. The van der Waals surface area contributed by atoms with Gasteiger partial charge in [0.2, 0.25) is 0 Å². The molecule has 1 aromatic carbocycles. The fraction of sp³-hybridized carbons (Fsp3) is 0.667. The van der Waals surface area contributed by atoms with E-state index in [0.717, 1.165) is 71.3 Å². The number of ether oxygens (including phenoxy) is 2. The molecule has 0 radical (unpaired) electrons. The predicted molar refractivity (Wildman–Crippen MR) is 126 cm³/mol. The zero-order chi connectivity index (χ0) is 18.9. The average Bonchev–Trinajstić information content (AvgIpc) is 3.36. The maximum Gasteiger partial charge on any atom is 0.191 e. The molecule has 0 spiro atoms. The molecule has 6 nitrogen and oxygen atoms in total. The molecular formula is C21H35IN4O2. The van der Waals surface area contributed by atoms with Gasteiger partial charge in [0, 0.05) is 57.5 Å². The van der Waals surface area contributed by atoms with E-state index < -0.39 is 0 Å². The quantitative estimate of drug-likeness (QED) is 0.248. The Balaban J connectivity index is 0.00000280. The maximum absolute atomic E-state index is 5.75. The molecule has 7 heteroatoms. The molecule has 0 amide bonds. The van der Waals surface area contributed by atoms with E-state index in [1.807, 2.05) is 7.05 Å². The number of nitrogens with one attached hydrogen (secondary N) is 2. The van der Waals surface area contributed by atoms with Crippen molar-refractivity contribution in [1.82, 2.24) is 10.6 Å². The minimum Gasteiger partial charge on any atom is -0.381 e. The summed E-state index contributed by atoms with van der Waals surface area (Å²) in [5.74, 6) is 1.47. The summed E-state index contributed by atoms with van der Waals surface area (Å²) in [7, 11) is 1.83. The molecule has 28 heavy (non-hydrogen) atoms. The van der Waals surface area contributed by atoms with Crippen molar-refractivity contribution in [3.63, 3.8) is 0 Å². The summed E-state index contributed by atoms with van der Waals surface area (Å²) in [6, 6.07) is 9.21. The van der Waals surface area contributed by atoms with Crippen molar-refractivity contribution >= 4 is 35.6 Å². The standard InChI is InChI=1S/C21H34N4O2.HI/c1-17-4-6-20(7-5-17)25-11-8-19(14-25)24-21(22-2)23-10-3-12-26-15-18-9-13-27-16-18;/h4-7,18-19H,3,8-16H2,1-2H3,(H2,22,23,24);1H. The first-order valence-corrected chi connectivity index (χ1v) is 10.2. The highest BCUT2D eigenvalue weighted by atomic mass is 127. The summed E-state index contributed by atoms with van der Waals surface area (Å²) in [5.41, 5.74) is 2.61. The molecule has 0 saturated carbocycles. The minimum atomic E-state index is 0. The molecule has 0 aromatic heterocycles. The summed E-state index contributed by atoms with van der Waals surface area (Å²) in [6.45, 7) is 8.44. The van der Waals surface area contributed by atoms with Crippen LogP contribution < -0.4 is 15.5 Å². The number of aryl methyl sites for hydroxylation is 1. The molecule has 3 rings (SSSR count). The first kappa shape index (κ1) is 23.2. The lowest BCUT2D eigenvalue weighted by Gasteiger charge is -2.20. The molecule has 2 unspecified atom stereocenters. The van der Waals surface area contributed by atoms with Gasteiger partial charge in [-0.1, -0.05) is 17.7 Å². The first-order chi connectivity index (χ1) is 13.2. The largest absolute Gasteiger partial charge is 0.381 e. The zero-order valence-electron chi connectivity index (χ0n) is 17.2. The molecule has 158 valence electrons. The molecular weight excluding hydrogens is 467 g/mol. The van der Waals surface area contributed by atoms with Gasteiger partial charge in [-0.05, 0) is 38.3 Å². The van der Waals surface area contributed by atoms with Crippen molar-refractivity contribution in [2.24, 2.45) is 10.9 Å². The van der Waals surface area contributed by atoms with Crippen LogP contribution in [0.15, 0.2) is 29.3 Å². The van der Waals surface area contributed by atoms with Crippen LogP contribution in [0.1, 0.15) is 24.8 Å². The van der Waals surface area contributed by atoms with Crippen LogP contribution in [0.4, 0.5) is 5.69 Å². The summed E-state index contributed by atoms with van der Waals surface area (Å²) in [5, 5.41) is 6.95. The summed E-state index contributed by atoms with van der Waals surface area (Å²) in [4.78, 5) is 6.80. The first-order valence-electron chi connectivity index (χ1n) is 10.2. The van der Waals surface area contributed by atoms with Crippen LogP contribution in [-0.4, -0.2) is 65.1 Å². The number of anilines is 1. The molecule has 1 aromatic rings. The normalized spacial score (nSPS) is 22.2. The highest BCUT2D eigenvalue weighted by Crippen LogP contribution is 2.20. The van der Waals surface area contributed by atoms with Gasteiger partial charge in [0.05, 0.1) is 13.2 Å². The zero-order valence-corrected chi connectivity index (χ0v) is 19.5. The highest BCUT2D eigenvalue weighted by molar-refractivity contribution is 14.0. The van der Waals surface area contributed by atoms with Gasteiger partial charge in [0.1, 0.15) is 0 Å². The Hall–Kier alpha value is -1.06. The van der Waals surface area contributed by atoms with E-state index in [4.69, 9.17) is 9.47 Å². The molecule has 2 saturated heterocycles. The molecule has 2 atom stereocenters.